The number of hydrogen-bond acceptors (Lipinski definition) is 4. The maximum absolute atomic E-state index is 11.9. The summed E-state index contributed by atoms with van der Waals surface area (Å²) < 4.78 is 4.98. The molecule has 0 radical (unpaired) electrons. The summed E-state index contributed by atoms with van der Waals surface area (Å²) in [7, 11) is 0. The third kappa shape index (κ3) is 5.80. The molecule has 0 unspecified atom stereocenters. The molecule has 0 aliphatic carbocycles. The molecule has 0 aliphatic heterocycles. The molecule has 1 amide bonds. The average Bonchev–Trinajstić information content (AvgIpc) is 2.61. The third-order valence-corrected chi connectivity index (χ3v) is 3.97. The van der Waals surface area contributed by atoms with Crippen LogP contribution in [0.1, 0.15) is 35.7 Å². The van der Waals surface area contributed by atoms with Gasteiger partial charge >= 0.3 is 5.97 Å². The predicted molar refractivity (Wildman–Crippen MR) is 99.8 cm³/mol. The lowest BCUT2D eigenvalue weighted by molar-refractivity contribution is -0.119. The largest absolute Gasteiger partial charge is 0.452 e. The molecule has 5 nitrogen and oxygen atoms in total. The van der Waals surface area contributed by atoms with Gasteiger partial charge in [-0.15, -0.1) is 0 Å². The van der Waals surface area contributed by atoms with Gasteiger partial charge < -0.3 is 15.8 Å². The number of unbranched alkanes of at least 4 members (excludes halogenated alkanes) is 1. The number of anilines is 2. The molecule has 0 aliphatic rings. The molecule has 0 spiro atoms. The van der Waals surface area contributed by atoms with Crippen molar-refractivity contribution in [2.75, 3.05) is 17.7 Å². The third-order valence-electron chi connectivity index (χ3n) is 3.62. The van der Waals surface area contributed by atoms with Gasteiger partial charge in [-0.2, -0.15) is 0 Å². The highest BCUT2D eigenvalue weighted by Gasteiger charge is 2.11. The number of nitrogen functional groups attached to an aromatic ring is 1. The SMILES string of the molecule is CCCCc1ccc(NC(=O)COC(=O)c2ccc(Cl)c(N)c2)cc1. The molecule has 132 valence electrons. The number of nitrogens with one attached hydrogen (secondary N) is 1. The van der Waals surface area contributed by atoms with Crippen LogP contribution in [0.5, 0.6) is 0 Å². The van der Waals surface area contributed by atoms with Crippen molar-refractivity contribution in [3.05, 3.63) is 58.6 Å². The van der Waals surface area contributed by atoms with Gasteiger partial charge in [-0.05, 0) is 48.7 Å². The summed E-state index contributed by atoms with van der Waals surface area (Å²) in [6.45, 7) is 1.77. The Labute approximate surface area is 152 Å². The number of ether oxygens (including phenoxy) is 1. The molecule has 0 saturated heterocycles. The number of carbonyl (C=O) groups is 2. The zero-order valence-electron chi connectivity index (χ0n) is 14.0. The number of aryl methyl sites for hydroxylation is 1. The minimum absolute atomic E-state index is 0.245. The van der Waals surface area contributed by atoms with Gasteiger partial charge in [0.2, 0.25) is 0 Å². The maximum atomic E-state index is 11.9. The quantitative estimate of drug-likeness (QED) is 0.576. The summed E-state index contributed by atoms with van der Waals surface area (Å²) in [5.74, 6) is -1.04. The summed E-state index contributed by atoms with van der Waals surface area (Å²) >= 11 is 5.80. The Hall–Kier alpha value is -2.53. The first-order valence-corrected chi connectivity index (χ1v) is 8.48. The summed E-state index contributed by atoms with van der Waals surface area (Å²) in [5, 5.41) is 3.05. The van der Waals surface area contributed by atoms with Crippen LogP contribution in [0.2, 0.25) is 5.02 Å². The van der Waals surface area contributed by atoms with Gasteiger partial charge in [-0.25, -0.2) is 4.79 Å². The summed E-state index contributed by atoms with van der Waals surface area (Å²) in [6, 6.07) is 12.1. The number of esters is 1. The second-order valence-corrected chi connectivity index (χ2v) is 6.07. The van der Waals surface area contributed by atoms with E-state index in [0.29, 0.717) is 10.7 Å². The Bertz CT molecular complexity index is 745. The minimum Gasteiger partial charge on any atom is -0.452 e. The van der Waals surface area contributed by atoms with Crippen molar-refractivity contribution in [3.63, 3.8) is 0 Å². The predicted octanol–water partition coefficient (Wildman–Crippen LogP) is 4.06. The van der Waals surface area contributed by atoms with Crippen LogP contribution in [0, 0.1) is 0 Å². The molecule has 0 aromatic heterocycles. The maximum Gasteiger partial charge on any atom is 0.338 e. The summed E-state index contributed by atoms with van der Waals surface area (Å²) in [4.78, 5) is 23.8. The number of nitrogens with two attached hydrogens (primary N) is 1. The monoisotopic (exact) mass is 360 g/mol. The van der Waals surface area contributed by atoms with E-state index in [1.807, 2.05) is 24.3 Å². The minimum atomic E-state index is -0.631. The van der Waals surface area contributed by atoms with Gasteiger partial charge in [0.1, 0.15) is 0 Å². The van der Waals surface area contributed by atoms with E-state index in [9.17, 15) is 9.59 Å². The van der Waals surface area contributed by atoms with Crippen molar-refractivity contribution in [1.82, 2.24) is 0 Å². The van der Waals surface area contributed by atoms with Crippen molar-refractivity contribution in [3.8, 4) is 0 Å². The first-order chi connectivity index (χ1) is 12.0. The van der Waals surface area contributed by atoms with Gasteiger partial charge in [0.05, 0.1) is 16.3 Å². The van der Waals surface area contributed by atoms with Crippen molar-refractivity contribution in [2.24, 2.45) is 0 Å². The first kappa shape index (κ1) is 18.8. The molecule has 2 rings (SSSR count). The Morgan fingerprint density at radius 3 is 2.52 bits per heavy atom. The molecule has 0 heterocycles. The van der Waals surface area contributed by atoms with E-state index in [1.165, 1.54) is 23.8 Å². The standard InChI is InChI=1S/C19H21ClN2O3/c1-2-3-4-13-5-8-15(9-6-13)22-18(23)12-25-19(24)14-7-10-16(20)17(21)11-14/h5-11H,2-4,12,21H2,1H3,(H,22,23). The van der Waals surface area contributed by atoms with Crippen LogP contribution in [0.3, 0.4) is 0 Å². The van der Waals surface area contributed by atoms with Gasteiger partial charge in [-0.1, -0.05) is 37.1 Å². The number of halogens is 1. The molecule has 0 bridgehead atoms. The Morgan fingerprint density at radius 2 is 1.88 bits per heavy atom. The normalized spacial score (nSPS) is 10.3. The number of benzene rings is 2. The van der Waals surface area contributed by atoms with Crippen LogP contribution >= 0.6 is 11.6 Å². The van der Waals surface area contributed by atoms with E-state index >= 15 is 0 Å². The molecule has 2 aromatic carbocycles. The lowest BCUT2D eigenvalue weighted by atomic mass is 10.1. The highest BCUT2D eigenvalue weighted by molar-refractivity contribution is 6.33. The average molecular weight is 361 g/mol. The molecule has 0 fully saturated rings. The van der Waals surface area contributed by atoms with Crippen LogP contribution in [0.25, 0.3) is 0 Å². The van der Waals surface area contributed by atoms with Crippen LogP contribution in [-0.2, 0) is 16.0 Å². The Kier molecular flexibility index (Phi) is 6.83. The molecular weight excluding hydrogens is 340 g/mol. The molecule has 0 saturated carbocycles. The van der Waals surface area contributed by atoms with Crippen molar-refractivity contribution in [1.29, 1.82) is 0 Å². The molecule has 25 heavy (non-hydrogen) atoms. The second kappa shape index (κ2) is 9.08. The topological polar surface area (TPSA) is 81.4 Å². The summed E-state index contributed by atoms with van der Waals surface area (Å²) in [5.41, 5.74) is 8.06. The smallest absolute Gasteiger partial charge is 0.338 e. The zero-order valence-corrected chi connectivity index (χ0v) is 14.8. The van der Waals surface area contributed by atoms with E-state index < -0.39 is 11.9 Å². The number of rotatable bonds is 7. The van der Waals surface area contributed by atoms with Crippen LogP contribution < -0.4 is 11.1 Å². The van der Waals surface area contributed by atoms with Gasteiger partial charge in [0.25, 0.3) is 5.91 Å². The zero-order chi connectivity index (χ0) is 18.2. The van der Waals surface area contributed by atoms with Crippen molar-refractivity contribution >= 4 is 34.9 Å². The molecule has 3 N–H and O–H groups in total. The highest BCUT2D eigenvalue weighted by Crippen LogP contribution is 2.20. The van der Waals surface area contributed by atoms with Crippen LogP contribution in [0.15, 0.2) is 42.5 Å². The molecule has 2 aromatic rings. The van der Waals surface area contributed by atoms with Crippen LogP contribution in [-0.4, -0.2) is 18.5 Å². The Balaban J connectivity index is 1.83. The van der Waals surface area contributed by atoms with Crippen molar-refractivity contribution < 1.29 is 14.3 Å². The molecule has 6 heteroatoms. The lowest BCUT2D eigenvalue weighted by Crippen LogP contribution is -2.21. The van der Waals surface area contributed by atoms with Crippen molar-refractivity contribution in [2.45, 2.75) is 26.2 Å². The fourth-order valence-corrected chi connectivity index (χ4v) is 2.34. The van der Waals surface area contributed by atoms with Gasteiger partial charge in [0, 0.05) is 5.69 Å². The fourth-order valence-electron chi connectivity index (χ4n) is 2.22. The first-order valence-electron chi connectivity index (χ1n) is 8.10. The molecule has 0 atom stereocenters. The number of hydrogen-bond donors (Lipinski definition) is 2. The molecular formula is C19H21ClN2O3. The van der Waals surface area contributed by atoms with Crippen LogP contribution in [0.4, 0.5) is 11.4 Å². The fraction of sp³-hybridized carbons (Fsp3) is 0.263. The number of amides is 1. The van der Waals surface area contributed by atoms with E-state index in [1.54, 1.807) is 0 Å². The van der Waals surface area contributed by atoms with Gasteiger partial charge in [0.15, 0.2) is 6.61 Å². The van der Waals surface area contributed by atoms with E-state index in [0.717, 1.165) is 19.3 Å². The van der Waals surface area contributed by atoms with E-state index in [2.05, 4.69) is 12.2 Å². The number of carbonyl (C=O) groups excluding carboxylic acids is 2. The Morgan fingerprint density at radius 1 is 1.16 bits per heavy atom. The second-order valence-electron chi connectivity index (χ2n) is 5.66. The highest BCUT2D eigenvalue weighted by atomic mass is 35.5. The van der Waals surface area contributed by atoms with Gasteiger partial charge in [-0.3, -0.25) is 4.79 Å². The summed E-state index contributed by atoms with van der Waals surface area (Å²) in [6.07, 6.45) is 3.30. The lowest BCUT2D eigenvalue weighted by Gasteiger charge is -2.08. The van der Waals surface area contributed by atoms with E-state index in [4.69, 9.17) is 22.1 Å². The van der Waals surface area contributed by atoms with E-state index in [-0.39, 0.29) is 17.9 Å².